The number of aromatic nitrogens is 4. The molecule has 0 atom stereocenters. The van der Waals surface area contributed by atoms with Gasteiger partial charge in [0.05, 0.1) is 5.52 Å². The van der Waals surface area contributed by atoms with Crippen molar-refractivity contribution in [1.82, 2.24) is 19.9 Å². The number of fused-ring (bicyclic) bond motifs is 1. The first-order valence-electron chi connectivity index (χ1n) is 8.00. The lowest BCUT2D eigenvalue weighted by atomic mass is 10.2. The molecule has 5 rings (SSSR count). The molecule has 0 bridgehead atoms. The zero-order chi connectivity index (χ0) is 15.9. The predicted octanol–water partition coefficient (Wildman–Crippen LogP) is 4.70. The van der Waals surface area contributed by atoms with Gasteiger partial charge in [-0.1, -0.05) is 30.3 Å². The van der Waals surface area contributed by atoms with Crippen LogP contribution in [0.1, 0.15) is 23.6 Å². The monoisotopic (exact) mass is 333 g/mol. The first-order chi connectivity index (χ1) is 11.9. The third kappa shape index (κ3) is 2.45. The molecule has 0 saturated heterocycles. The molecule has 0 amide bonds. The third-order valence-electron chi connectivity index (χ3n) is 4.17. The van der Waals surface area contributed by atoms with Gasteiger partial charge in [-0.25, -0.2) is 15.0 Å². The molecule has 6 heteroatoms. The van der Waals surface area contributed by atoms with E-state index >= 15 is 0 Å². The van der Waals surface area contributed by atoms with Gasteiger partial charge in [-0.2, -0.15) is 0 Å². The van der Waals surface area contributed by atoms with Crippen LogP contribution in [-0.4, -0.2) is 19.9 Å². The molecule has 0 unspecified atom stereocenters. The molecule has 1 aliphatic carbocycles. The van der Waals surface area contributed by atoms with Crippen molar-refractivity contribution in [2.75, 3.05) is 5.32 Å². The Morgan fingerprint density at radius 2 is 1.96 bits per heavy atom. The molecule has 0 aliphatic heterocycles. The van der Waals surface area contributed by atoms with E-state index in [2.05, 4.69) is 20.3 Å². The van der Waals surface area contributed by atoms with Gasteiger partial charge in [-0.3, -0.25) is 0 Å². The largest absolute Gasteiger partial charge is 0.357 e. The molecule has 5 nitrogen and oxygen atoms in total. The number of hydrogen-bond donors (Lipinski definition) is 2. The minimum absolute atomic E-state index is 0.712. The maximum Gasteiger partial charge on any atom is 0.188 e. The number of anilines is 2. The van der Waals surface area contributed by atoms with Gasteiger partial charge in [0, 0.05) is 22.8 Å². The van der Waals surface area contributed by atoms with Gasteiger partial charge in [0.25, 0.3) is 0 Å². The van der Waals surface area contributed by atoms with Gasteiger partial charge in [-0.15, -0.1) is 11.3 Å². The third-order valence-corrected chi connectivity index (χ3v) is 5.24. The Labute approximate surface area is 142 Å². The lowest BCUT2D eigenvalue weighted by molar-refractivity contribution is 1.16. The molecular weight excluding hydrogens is 318 g/mol. The summed E-state index contributed by atoms with van der Waals surface area (Å²) in [7, 11) is 0. The summed E-state index contributed by atoms with van der Waals surface area (Å²) in [4.78, 5) is 18.5. The van der Waals surface area contributed by atoms with Crippen LogP contribution in [0.5, 0.6) is 0 Å². The Kier molecular flexibility index (Phi) is 3.09. The lowest BCUT2D eigenvalue weighted by Crippen LogP contribution is -1.98. The summed E-state index contributed by atoms with van der Waals surface area (Å²) in [6, 6.07) is 12.0. The van der Waals surface area contributed by atoms with E-state index in [1.807, 2.05) is 48.8 Å². The SMILES string of the molecule is c1ccc(-c2nc(Nc3ncc(C4CC4)s3)c3[nH]ccc3n2)cc1. The van der Waals surface area contributed by atoms with Gasteiger partial charge in [0.1, 0.15) is 5.52 Å². The fraction of sp³-hybridized carbons (Fsp3) is 0.167. The Morgan fingerprint density at radius 3 is 2.79 bits per heavy atom. The maximum absolute atomic E-state index is 4.72. The zero-order valence-electron chi connectivity index (χ0n) is 12.9. The first-order valence-corrected chi connectivity index (χ1v) is 8.82. The second-order valence-corrected chi connectivity index (χ2v) is 7.03. The van der Waals surface area contributed by atoms with E-state index in [1.165, 1.54) is 17.7 Å². The highest BCUT2D eigenvalue weighted by Gasteiger charge is 2.26. The van der Waals surface area contributed by atoms with Crippen molar-refractivity contribution in [3.05, 3.63) is 53.7 Å². The number of nitrogens with one attached hydrogen (secondary N) is 2. The molecule has 118 valence electrons. The summed E-state index contributed by atoms with van der Waals surface area (Å²) < 4.78 is 0. The summed E-state index contributed by atoms with van der Waals surface area (Å²) in [6.45, 7) is 0. The maximum atomic E-state index is 4.72. The average Bonchev–Trinajstić information content (AvgIpc) is 3.17. The molecular formula is C18H15N5S. The van der Waals surface area contributed by atoms with Crippen molar-refractivity contribution in [1.29, 1.82) is 0 Å². The van der Waals surface area contributed by atoms with Crippen LogP contribution in [0.4, 0.5) is 10.9 Å². The van der Waals surface area contributed by atoms with Crippen molar-refractivity contribution < 1.29 is 0 Å². The highest BCUT2D eigenvalue weighted by Crippen LogP contribution is 2.43. The summed E-state index contributed by atoms with van der Waals surface area (Å²) in [5, 5.41) is 4.25. The Bertz CT molecular complexity index is 1000. The van der Waals surface area contributed by atoms with E-state index in [4.69, 9.17) is 4.98 Å². The van der Waals surface area contributed by atoms with E-state index in [9.17, 15) is 0 Å². The van der Waals surface area contributed by atoms with Crippen LogP contribution in [0, 0.1) is 0 Å². The second-order valence-electron chi connectivity index (χ2n) is 5.97. The molecule has 1 aliphatic rings. The first kappa shape index (κ1) is 13.7. The average molecular weight is 333 g/mol. The van der Waals surface area contributed by atoms with Crippen molar-refractivity contribution in [3.63, 3.8) is 0 Å². The molecule has 2 N–H and O–H groups in total. The van der Waals surface area contributed by atoms with E-state index in [0.29, 0.717) is 11.7 Å². The minimum atomic E-state index is 0.712. The molecule has 4 aromatic rings. The van der Waals surface area contributed by atoms with Gasteiger partial charge < -0.3 is 10.3 Å². The van der Waals surface area contributed by atoms with Crippen molar-refractivity contribution >= 4 is 33.3 Å². The summed E-state index contributed by atoms with van der Waals surface area (Å²) >= 11 is 1.71. The zero-order valence-corrected chi connectivity index (χ0v) is 13.7. The smallest absolute Gasteiger partial charge is 0.188 e. The Hall–Kier alpha value is -2.73. The Morgan fingerprint density at radius 1 is 1.08 bits per heavy atom. The minimum Gasteiger partial charge on any atom is -0.357 e. The molecule has 3 heterocycles. The van der Waals surface area contributed by atoms with Crippen molar-refractivity contribution in [3.8, 4) is 11.4 Å². The molecule has 1 saturated carbocycles. The van der Waals surface area contributed by atoms with Crippen molar-refractivity contribution in [2.45, 2.75) is 18.8 Å². The van der Waals surface area contributed by atoms with Crippen LogP contribution in [0.2, 0.25) is 0 Å². The fourth-order valence-electron chi connectivity index (χ4n) is 2.75. The lowest BCUT2D eigenvalue weighted by Gasteiger charge is -2.07. The van der Waals surface area contributed by atoms with Gasteiger partial charge in [0.2, 0.25) is 0 Å². The highest BCUT2D eigenvalue weighted by atomic mass is 32.1. The number of nitrogens with zero attached hydrogens (tertiary/aromatic N) is 3. The van der Waals surface area contributed by atoms with Crippen LogP contribution in [0.3, 0.4) is 0 Å². The molecule has 1 fully saturated rings. The summed E-state index contributed by atoms with van der Waals surface area (Å²) in [5.74, 6) is 2.19. The van der Waals surface area contributed by atoms with Crippen LogP contribution < -0.4 is 5.32 Å². The molecule has 0 radical (unpaired) electrons. The number of thiazole rings is 1. The fourth-order valence-corrected chi connectivity index (χ4v) is 3.74. The molecule has 3 aromatic heterocycles. The topological polar surface area (TPSA) is 66.5 Å². The molecule has 1 aromatic carbocycles. The predicted molar refractivity (Wildman–Crippen MR) is 96.7 cm³/mol. The highest BCUT2D eigenvalue weighted by molar-refractivity contribution is 7.15. The van der Waals surface area contributed by atoms with Crippen LogP contribution in [0.15, 0.2) is 48.8 Å². The number of rotatable bonds is 4. The standard InChI is InChI=1S/C18H15N5S/c1-2-4-12(5-3-1)16-21-13-8-9-19-15(13)17(22-16)23-18-20-10-14(24-18)11-6-7-11/h1-5,8-11,19H,6-7H2,(H,20,21,22,23). The Balaban J connectivity index is 1.56. The summed E-state index contributed by atoms with van der Waals surface area (Å²) in [5.41, 5.74) is 2.80. The molecule has 24 heavy (non-hydrogen) atoms. The van der Waals surface area contributed by atoms with Gasteiger partial charge >= 0.3 is 0 Å². The van der Waals surface area contributed by atoms with Crippen molar-refractivity contribution in [2.24, 2.45) is 0 Å². The van der Waals surface area contributed by atoms with Crippen LogP contribution >= 0.6 is 11.3 Å². The summed E-state index contributed by atoms with van der Waals surface area (Å²) in [6.07, 6.45) is 6.44. The number of benzene rings is 1. The van der Waals surface area contributed by atoms with Crippen LogP contribution in [0.25, 0.3) is 22.4 Å². The number of hydrogen-bond acceptors (Lipinski definition) is 5. The normalized spacial score (nSPS) is 14.2. The van der Waals surface area contributed by atoms with E-state index < -0.39 is 0 Å². The van der Waals surface area contributed by atoms with Crippen LogP contribution in [-0.2, 0) is 0 Å². The second kappa shape index (κ2) is 5.42. The number of H-pyrrole nitrogens is 1. The number of aromatic amines is 1. The van der Waals surface area contributed by atoms with E-state index in [-0.39, 0.29) is 0 Å². The molecule has 0 spiro atoms. The van der Waals surface area contributed by atoms with Gasteiger partial charge in [0.15, 0.2) is 16.8 Å². The van der Waals surface area contributed by atoms with E-state index in [0.717, 1.165) is 27.5 Å². The van der Waals surface area contributed by atoms with E-state index in [1.54, 1.807) is 11.3 Å². The quantitative estimate of drug-likeness (QED) is 0.568. The van der Waals surface area contributed by atoms with Gasteiger partial charge in [-0.05, 0) is 24.8 Å².